The first-order valence-electron chi connectivity index (χ1n) is 5.36. The number of ether oxygens (including phenoxy) is 2. The molecule has 19 heavy (non-hydrogen) atoms. The van der Waals surface area contributed by atoms with Crippen LogP contribution in [-0.2, 0) is 0 Å². The zero-order valence-electron chi connectivity index (χ0n) is 10.3. The Morgan fingerprint density at radius 1 is 1.11 bits per heavy atom. The van der Waals surface area contributed by atoms with Gasteiger partial charge in [-0.2, -0.15) is 0 Å². The van der Waals surface area contributed by atoms with Crippen LogP contribution < -0.4 is 9.47 Å². The van der Waals surface area contributed by atoms with Crippen molar-refractivity contribution in [2.75, 3.05) is 14.2 Å². The van der Waals surface area contributed by atoms with Crippen molar-refractivity contribution in [3.63, 3.8) is 0 Å². The highest BCUT2D eigenvalue weighted by atomic mass is 35.5. The maximum absolute atomic E-state index is 13.4. The second-order valence-electron chi connectivity index (χ2n) is 3.70. The SMILES string of the molecule is COc1[c]ccc(Cl)c1-c1cc(F)c(F)cc1OC. The quantitative estimate of drug-likeness (QED) is 0.844. The molecule has 2 aromatic carbocycles. The molecule has 0 amide bonds. The largest absolute Gasteiger partial charge is 0.496 e. The van der Waals surface area contributed by atoms with E-state index in [1.807, 2.05) is 0 Å². The Labute approximate surface area is 114 Å². The molecule has 0 aliphatic rings. The summed E-state index contributed by atoms with van der Waals surface area (Å²) in [6.07, 6.45) is 0. The molecule has 0 aliphatic heterocycles. The van der Waals surface area contributed by atoms with E-state index in [1.54, 1.807) is 12.1 Å². The first-order chi connectivity index (χ1) is 9.08. The van der Waals surface area contributed by atoms with Crippen molar-refractivity contribution in [2.24, 2.45) is 0 Å². The van der Waals surface area contributed by atoms with Gasteiger partial charge in [-0.1, -0.05) is 11.6 Å². The fraction of sp³-hybridized carbons (Fsp3) is 0.143. The van der Waals surface area contributed by atoms with Crippen molar-refractivity contribution in [3.05, 3.63) is 47.0 Å². The summed E-state index contributed by atoms with van der Waals surface area (Å²) in [7, 11) is 2.81. The van der Waals surface area contributed by atoms with Crippen molar-refractivity contribution >= 4 is 11.6 Å². The summed E-state index contributed by atoms with van der Waals surface area (Å²) >= 11 is 6.09. The number of hydrogen-bond acceptors (Lipinski definition) is 2. The first kappa shape index (κ1) is 13.6. The van der Waals surface area contributed by atoms with Gasteiger partial charge in [0.1, 0.15) is 11.5 Å². The van der Waals surface area contributed by atoms with Gasteiger partial charge >= 0.3 is 0 Å². The lowest BCUT2D eigenvalue weighted by molar-refractivity contribution is 0.404. The van der Waals surface area contributed by atoms with Crippen LogP contribution in [0.15, 0.2) is 24.3 Å². The third kappa shape index (κ3) is 2.49. The lowest BCUT2D eigenvalue weighted by Crippen LogP contribution is -1.96. The third-order valence-corrected chi connectivity index (χ3v) is 2.94. The maximum Gasteiger partial charge on any atom is 0.162 e. The highest BCUT2D eigenvalue weighted by Crippen LogP contribution is 2.41. The van der Waals surface area contributed by atoms with Gasteiger partial charge in [0, 0.05) is 23.3 Å². The zero-order valence-corrected chi connectivity index (χ0v) is 11.0. The minimum atomic E-state index is -0.990. The molecule has 0 heterocycles. The molecule has 2 nitrogen and oxygen atoms in total. The Morgan fingerprint density at radius 2 is 1.79 bits per heavy atom. The van der Waals surface area contributed by atoms with Gasteiger partial charge in [-0.15, -0.1) is 0 Å². The first-order valence-corrected chi connectivity index (χ1v) is 5.74. The van der Waals surface area contributed by atoms with Gasteiger partial charge in [0.2, 0.25) is 0 Å². The molecule has 1 radical (unpaired) electrons. The average Bonchev–Trinajstić information content (AvgIpc) is 2.41. The van der Waals surface area contributed by atoms with Crippen LogP contribution in [0.2, 0.25) is 5.02 Å². The number of halogens is 3. The van der Waals surface area contributed by atoms with Crippen LogP contribution in [0.5, 0.6) is 11.5 Å². The Kier molecular flexibility index (Phi) is 3.90. The van der Waals surface area contributed by atoms with Crippen molar-refractivity contribution in [3.8, 4) is 22.6 Å². The minimum Gasteiger partial charge on any atom is -0.496 e. The molecule has 0 atom stereocenters. The van der Waals surface area contributed by atoms with Crippen molar-refractivity contribution in [1.29, 1.82) is 0 Å². The molecule has 0 spiro atoms. The minimum absolute atomic E-state index is 0.165. The molecule has 2 aromatic rings. The maximum atomic E-state index is 13.4. The summed E-state index contributed by atoms with van der Waals surface area (Å²) in [5.41, 5.74) is 0.711. The van der Waals surface area contributed by atoms with Crippen LogP contribution in [0.4, 0.5) is 8.78 Å². The van der Waals surface area contributed by atoms with Gasteiger partial charge in [0.05, 0.1) is 19.2 Å². The van der Waals surface area contributed by atoms with Crippen LogP contribution in [0.3, 0.4) is 0 Å². The molecule has 0 saturated heterocycles. The van der Waals surface area contributed by atoms with Crippen molar-refractivity contribution in [1.82, 2.24) is 0 Å². The van der Waals surface area contributed by atoms with E-state index in [2.05, 4.69) is 6.07 Å². The van der Waals surface area contributed by atoms with Gasteiger partial charge in [-0.05, 0) is 18.2 Å². The Balaban J connectivity index is 2.74. The molecule has 0 aliphatic carbocycles. The molecule has 0 saturated carbocycles. The van der Waals surface area contributed by atoms with Crippen LogP contribution in [0.25, 0.3) is 11.1 Å². The van der Waals surface area contributed by atoms with Gasteiger partial charge in [-0.3, -0.25) is 0 Å². The molecule has 5 heteroatoms. The van der Waals surface area contributed by atoms with E-state index in [4.69, 9.17) is 21.1 Å². The van der Waals surface area contributed by atoms with E-state index in [0.29, 0.717) is 21.9 Å². The number of benzene rings is 2. The lowest BCUT2D eigenvalue weighted by atomic mass is 10.0. The fourth-order valence-corrected chi connectivity index (χ4v) is 2.01. The van der Waals surface area contributed by atoms with E-state index in [0.717, 1.165) is 12.1 Å². The molecule has 0 fully saturated rings. The van der Waals surface area contributed by atoms with Gasteiger partial charge in [0.15, 0.2) is 11.6 Å². The van der Waals surface area contributed by atoms with E-state index >= 15 is 0 Å². The summed E-state index contributed by atoms with van der Waals surface area (Å²) in [5.74, 6) is -1.48. The summed E-state index contributed by atoms with van der Waals surface area (Å²) in [6.45, 7) is 0. The Morgan fingerprint density at radius 3 is 2.42 bits per heavy atom. The Hall–Kier alpha value is -1.81. The van der Waals surface area contributed by atoms with Gasteiger partial charge in [0.25, 0.3) is 0 Å². The standard InChI is InChI=1S/C14H10ClF2O2/c1-18-12-5-3-4-9(15)14(12)8-6-10(16)11(17)7-13(8)19-2/h3-4,6-7H,1-2H3. The van der Waals surface area contributed by atoms with Crippen LogP contribution in [-0.4, -0.2) is 14.2 Å². The van der Waals surface area contributed by atoms with Crippen LogP contribution >= 0.6 is 11.6 Å². The number of hydrogen-bond donors (Lipinski definition) is 0. The van der Waals surface area contributed by atoms with Crippen molar-refractivity contribution in [2.45, 2.75) is 0 Å². The molecule has 0 bridgehead atoms. The molecular weight excluding hydrogens is 274 g/mol. The van der Waals surface area contributed by atoms with Gasteiger partial charge in [-0.25, -0.2) is 8.78 Å². The second-order valence-corrected chi connectivity index (χ2v) is 4.11. The normalized spacial score (nSPS) is 10.4. The van der Waals surface area contributed by atoms with E-state index in [1.165, 1.54) is 14.2 Å². The van der Waals surface area contributed by atoms with Crippen LogP contribution in [0.1, 0.15) is 0 Å². The smallest absolute Gasteiger partial charge is 0.162 e. The highest BCUT2D eigenvalue weighted by Gasteiger charge is 2.18. The average molecular weight is 284 g/mol. The predicted molar refractivity (Wildman–Crippen MR) is 68.7 cm³/mol. The molecule has 0 N–H and O–H groups in total. The summed E-state index contributed by atoms with van der Waals surface area (Å²) in [6, 6.07) is 7.98. The zero-order chi connectivity index (χ0) is 14.0. The van der Waals surface area contributed by atoms with Gasteiger partial charge < -0.3 is 9.47 Å². The summed E-state index contributed by atoms with van der Waals surface area (Å²) < 4.78 is 36.8. The fourth-order valence-electron chi connectivity index (χ4n) is 1.76. The highest BCUT2D eigenvalue weighted by molar-refractivity contribution is 6.33. The van der Waals surface area contributed by atoms with Crippen molar-refractivity contribution < 1.29 is 18.3 Å². The number of rotatable bonds is 3. The topological polar surface area (TPSA) is 18.5 Å². The Bertz CT molecular complexity index is 615. The lowest BCUT2D eigenvalue weighted by Gasteiger charge is -2.14. The second kappa shape index (κ2) is 5.45. The molecule has 0 unspecified atom stereocenters. The summed E-state index contributed by atoms with van der Waals surface area (Å²) in [5, 5.41) is 0.333. The molecular formula is C14H10ClF2O2. The predicted octanol–water partition coefficient (Wildman–Crippen LogP) is 4.10. The monoisotopic (exact) mass is 283 g/mol. The third-order valence-electron chi connectivity index (χ3n) is 2.63. The molecule has 0 aromatic heterocycles. The van der Waals surface area contributed by atoms with E-state index < -0.39 is 11.6 Å². The molecule has 2 rings (SSSR count). The number of methoxy groups -OCH3 is 2. The molecule has 99 valence electrons. The summed E-state index contributed by atoms with van der Waals surface area (Å²) in [4.78, 5) is 0. The van der Waals surface area contributed by atoms with E-state index in [-0.39, 0.29) is 5.75 Å². The van der Waals surface area contributed by atoms with E-state index in [9.17, 15) is 8.78 Å². The van der Waals surface area contributed by atoms with Crippen LogP contribution in [0, 0.1) is 17.7 Å².